The Morgan fingerprint density at radius 1 is 1.52 bits per heavy atom. The van der Waals surface area contributed by atoms with Crippen molar-refractivity contribution in [3.05, 3.63) is 24.3 Å². The number of thioether (sulfide) groups is 1. The SMILES string of the molecule is CCC12C(=O)CC(Sc3cccc(OC)c3)C1C2C(=O)O. The first-order chi connectivity index (χ1) is 10.0. The summed E-state index contributed by atoms with van der Waals surface area (Å²) in [4.78, 5) is 24.7. The highest BCUT2D eigenvalue weighted by molar-refractivity contribution is 8.00. The highest BCUT2D eigenvalue weighted by Crippen LogP contribution is 2.71. The van der Waals surface area contributed by atoms with E-state index < -0.39 is 17.3 Å². The molecule has 0 heterocycles. The maximum Gasteiger partial charge on any atom is 0.307 e. The van der Waals surface area contributed by atoms with Crippen molar-refractivity contribution >= 4 is 23.5 Å². The number of carbonyl (C=O) groups excluding carboxylic acids is 1. The number of benzene rings is 1. The fourth-order valence-electron chi connectivity index (χ4n) is 3.87. The Balaban J connectivity index is 1.81. The maximum atomic E-state index is 12.3. The molecule has 0 aliphatic heterocycles. The van der Waals surface area contributed by atoms with Crippen LogP contribution in [0, 0.1) is 17.3 Å². The molecule has 5 heteroatoms. The number of fused-ring (bicyclic) bond motifs is 1. The van der Waals surface area contributed by atoms with Gasteiger partial charge in [0.05, 0.1) is 13.0 Å². The number of hydrogen-bond acceptors (Lipinski definition) is 4. The number of methoxy groups -OCH3 is 1. The number of rotatable bonds is 5. The van der Waals surface area contributed by atoms with E-state index in [1.165, 1.54) is 0 Å². The van der Waals surface area contributed by atoms with Gasteiger partial charge in [0.2, 0.25) is 0 Å². The third-order valence-corrected chi connectivity index (χ3v) is 6.17. The molecule has 1 N–H and O–H groups in total. The van der Waals surface area contributed by atoms with Gasteiger partial charge in [-0.05, 0) is 30.5 Å². The van der Waals surface area contributed by atoms with Crippen LogP contribution in [0.3, 0.4) is 0 Å². The Kier molecular flexibility index (Phi) is 3.48. The van der Waals surface area contributed by atoms with Crippen molar-refractivity contribution in [1.29, 1.82) is 0 Å². The molecule has 112 valence electrons. The second kappa shape index (κ2) is 5.05. The summed E-state index contributed by atoms with van der Waals surface area (Å²) >= 11 is 1.61. The predicted octanol–water partition coefficient (Wildman–Crippen LogP) is 2.86. The molecule has 0 aromatic heterocycles. The van der Waals surface area contributed by atoms with Gasteiger partial charge in [0.25, 0.3) is 0 Å². The van der Waals surface area contributed by atoms with Crippen molar-refractivity contribution in [1.82, 2.24) is 0 Å². The molecule has 21 heavy (non-hydrogen) atoms. The van der Waals surface area contributed by atoms with E-state index in [9.17, 15) is 14.7 Å². The number of ketones is 1. The summed E-state index contributed by atoms with van der Waals surface area (Å²) in [7, 11) is 1.62. The van der Waals surface area contributed by atoms with E-state index in [0.717, 1.165) is 10.6 Å². The van der Waals surface area contributed by atoms with E-state index in [1.807, 2.05) is 31.2 Å². The molecule has 2 saturated carbocycles. The normalized spacial score (nSPS) is 33.6. The first-order valence-corrected chi connectivity index (χ1v) is 7.99. The number of ether oxygens (including phenoxy) is 1. The van der Waals surface area contributed by atoms with Crippen molar-refractivity contribution in [3.8, 4) is 5.75 Å². The van der Waals surface area contributed by atoms with E-state index >= 15 is 0 Å². The minimum absolute atomic E-state index is 0.0244. The van der Waals surface area contributed by atoms with Gasteiger partial charge in [-0.15, -0.1) is 11.8 Å². The molecule has 2 aliphatic rings. The maximum absolute atomic E-state index is 12.3. The zero-order valence-electron chi connectivity index (χ0n) is 12.0. The van der Waals surface area contributed by atoms with Crippen LogP contribution in [-0.2, 0) is 9.59 Å². The van der Waals surface area contributed by atoms with Crippen LogP contribution >= 0.6 is 11.8 Å². The molecule has 1 aromatic carbocycles. The monoisotopic (exact) mass is 306 g/mol. The highest BCUT2D eigenvalue weighted by Gasteiger charge is 2.77. The van der Waals surface area contributed by atoms with Crippen molar-refractivity contribution < 1.29 is 19.4 Å². The van der Waals surface area contributed by atoms with Gasteiger partial charge in [0, 0.05) is 22.0 Å². The number of carboxylic acids is 1. The standard InChI is InChI=1S/C16H18O4S/c1-3-16-12(17)8-11(13(16)14(16)15(18)19)21-10-6-4-5-9(7-10)20-2/h4-7,11,13-14H,3,8H2,1-2H3,(H,18,19). The quantitative estimate of drug-likeness (QED) is 0.906. The molecular weight excluding hydrogens is 288 g/mol. The molecule has 3 rings (SSSR count). The Hall–Kier alpha value is -1.49. The molecule has 2 aliphatic carbocycles. The Bertz CT molecular complexity index is 600. The van der Waals surface area contributed by atoms with Gasteiger partial charge in [-0.25, -0.2) is 0 Å². The van der Waals surface area contributed by atoms with Crippen LogP contribution in [0.4, 0.5) is 0 Å². The van der Waals surface area contributed by atoms with Crippen LogP contribution < -0.4 is 4.74 Å². The third kappa shape index (κ3) is 2.06. The summed E-state index contributed by atoms with van der Waals surface area (Å²) in [6.07, 6.45) is 1.10. The molecule has 0 amide bonds. The lowest BCUT2D eigenvalue weighted by Gasteiger charge is -2.13. The fourth-order valence-corrected chi connectivity index (χ4v) is 5.34. The lowest BCUT2D eigenvalue weighted by molar-refractivity contribution is -0.142. The Morgan fingerprint density at radius 3 is 2.86 bits per heavy atom. The molecule has 4 nitrogen and oxygen atoms in total. The van der Waals surface area contributed by atoms with Crippen molar-refractivity contribution in [2.75, 3.05) is 7.11 Å². The smallest absolute Gasteiger partial charge is 0.307 e. The highest BCUT2D eigenvalue weighted by atomic mass is 32.2. The molecule has 4 atom stereocenters. The summed E-state index contributed by atoms with van der Waals surface area (Å²) in [5.74, 6) is -0.443. The third-order valence-electron chi connectivity index (χ3n) is 4.89. The van der Waals surface area contributed by atoms with Gasteiger partial charge in [0.1, 0.15) is 11.5 Å². The molecule has 0 saturated heterocycles. The summed E-state index contributed by atoms with van der Waals surface area (Å²) in [6, 6.07) is 7.69. The van der Waals surface area contributed by atoms with E-state index in [4.69, 9.17) is 4.74 Å². The minimum atomic E-state index is -0.828. The summed E-state index contributed by atoms with van der Waals surface area (Å²) in [5.41, 5.74) is -0.595. The van der Waals surface area contributed by atoms with E-state index in [1.54, 1.807) is 18.9 Å². The largest absolute Gasteiger partial charge is 0.497 e. The number of aliphatic carboxylic acids is 1. The van der Waals surface area contributed by atoms with E-state index in [-0.39, 0.29) is 17.0 Å². The average Bonchev–Trinajstić information content (AvgIpc) is 3.10. The van der Waals surface area contributed by atoms with Gasteiger partial charge in [-0.3, -0.25) is 9.59 Å². The first kappa shape index (κ1) is 14.4. The molecule has 0 spiro atoms. The number of carbonyl (C=O) groups is 2. The van der Waals surface area contributed by atoms with Crippen LogP contribution in [-0.4, -0.2) is 29.2 Å². The van der Waals surface area contributed by atoms with Crippen LogP contribution in [0.5, 0.6) is 5.75 Å². The first-order valence-electron chi connectivity index (χ1n) is 7.11. The summed E-state index contributed by atoms with van der Waals surface area (Å²) in [5, 5.41) is 9.42. The fraction of sp³-hybridized carbons (Fsp3) is 0.500. The lowest BCUT2D eigenvalue weighted by atomic mass is 9.95. The van der Waals surface area contributed by atoms with Gasteiger partial charge in [0.15, 0.2) is 0 Å². The van der Waals surface area contributed by atoms with Crippen LogP contribution in [0.15, 0.2) is 29.2 Å². The molecule has 0 bridgehead atoms. The number of carboxylic acid groups (broad SMARTS) is 1. The Morgan fingerprint density at radius 2 is 2.29 bits per heavy atom. The molecular formula is C16H18O4S. The number of hydrogen-bond donors (Lipinski definition) is 1. The van der Waals surface area contributed by atoms with Gasteiger partial charge < -0.3 is 9.84 Å². The van der Waals surface area contributed by atoms with Crippen LogP contribution in [0.1, 0.15) is 19.8 Å². The number of Topliss-reactive ketones (excluding diaryl/α,β-unsaturated/α-hetero) is 1. The van der Waals surface area contributed by atoms with E-state index in [2.05, 4.69) is 0 Å². The van der Waals surface area contributed by atoms with Crippen molar-refractivity contribution in [2.45, 2.75) is 29.9 Å². The van der Waals surface area contributed by atoms with Crippen LogP contribution in [0.2, 0.25) is 0 Å². The molecule has 0 radical (unpaired) electrons. The predicted molar refractivity (Wildman–Crippen MR) is 79.6 cm³/mol. The zero-order valence-corrected chi connectivity index (χ0v) is 12.9. The topological polar surface area (TPSA) is 63.6 Å². The van der Waals surface area contributed by atoms with Crippen molar-refractivity contribution in [2.24, 2.45) is 17.3 Å². The molecule has 1 aromatic rings. The van der Waals surface area contributed by atoms with Crippen LogP contribution in [0.25, 0.3) is 0 Å². The second-order valence-corrected chi connectivity index (χ2v) is 7.01. The minimum Gasteiger partial charge on any atom is -0.497 e. The average molecular weight is 306 g/mol. The lowest BCUT2D eigenvalue weighted by Crippen LogP contribution is -2.20. The summed E-state index contributed by atoms with van der Waals surface area (Å²) < 4.78 is 5.20. The zero-order chi connectivity index (χ0) is 15.2. The summed E-state index contributed by atoms with van der Waals surface area (Å²) in [6.45, 7) is 1.92. The van der Waals surface area contributed by atoms with Gasteiger partial charge in [-0.2, -0.15) is 0 Å². The molecule has 2 fully saturated rings. The molecule has 4 unspecified atom stereocenters. The second-order valence-electron chi connectivity index (χ2n) is 5.70. The van der Waals surface area contributed by atoms with Gasteiger partial charge in [-0.1, -0.05) is 13.0 Å². The van der Waals surface area contributed by atoms with Crippen molar-refractivity contribution in [3.63, 3.8) is 0 Å². The van der Waals surface area contributed by atoms with E-state index in [0.29, 0.717) is 12.8 Å². The van der Waals surface area contributed by atoms with Gasteiger partial charge >= 0.3 is 5.97 Å². The Labute approximate surface area is 127 Å².